The van der Waals surface area contributed by atoms with Crippen LogP contribution in [0.3, 0.4) is 0 Å². The molecule has 0 saturated heterocycles. The monoisotopic (exact) mass is 496 g/mol. The highest BCUT2D eigenvalue weighted by Gasteiger charge is 2.32. The van der Waals surface area contributed by atoms with Gasteiger partial charge in [-0.25, -0.2) is 4.39 Å². The van der Waals surface area contributed by atoms with E-state index in [-0.39, 0.29) is 25.5 Å². The maximum absolute atomic E-state index is 14.6. The smallest absolute Gasteiger partial charge is 0.261 e. The minimum Gasteiger partial charge on any atom is -0.484 e. The number of nitrogens with zero attached hydrogens (tertiary/aromatic N) is 1. The van der Waals surface area contributed by atoms with Crippen LogP contribution in [0.25, 0.3) is 0 Å². The van der Waals surface area contributed by atoms with Gasteiger partial charge in [-0.05, 0) is 56.7 Å². The van der Waals surface area contributed by atoms with Crippen molar-refractivity contribution < 1.29 is 18.7 Å². The summed E-state index contributed by atoms with van der Waals surface area (Å²) in [4.78, 5) is 28.3. The first kappa shape index (κ1) is 26.2. The van der Waals surface area contributed by atoms with Crippen molar-refractivity contribution in [3.05, 3.63) is 101 Å². The largest absolute Gasteiger partial charge is 0.484 e. The maximum Gasteiger partial charge on any atom is 0.261 e. The summed E-state index contributed by atoms with van der Waals surface area (Å²) in [6.07, 6.45) is 0.268. The molecule has 5 nitrogen and oxygen atoms in total. The quantitative estimate of drug-likeness (QED) is 0.430. The lowest BCUT2D eigenvalue weighted by molar-refractivity contribution is -0.143. The lowest BCUT2D eigenvalue weighted by Gasteiger charge is -2.33. The van der Waals surface area contributed by atoms with Gasteiger partial charge < -0.3 is 15.0 Å². The van der Waals surface area contributed by atoms with Gasteiger partial charge in [-0.2, -0.15) is 0 Å². The summed E-state index contributed by atoms with van der Waals surface area (Å²) in [7, 11) is 0. The van der Waals surface area contributed by atoms with E-state index >= 15 is 0 Å². The zero-order valence-electron chi connectivity index (χ0n) is 20.1. The van der Waals surface area contributed by atoms with Crippen molar-refractivity contribution in [2.75, 3.05) is 6.61 Å². The third-order valence-electron chi connectivity index (χ3n) is 5.24. The second-order valence-electron chi connectivity index (χ2n) is 9.30. The van der Waals surface area contributed by atoms with Crippen LogP contribution in [0.1, 0.15) is 31.9 Å². The fourth-order valence-electron chi connectivity index (χ4n) is 3.58. The molecule has 3 aromatic rings. The van der Waals surface area contributed by atoms with E-state index in [2.05, 4.69) is 5.32 Å². The highest BCUT2D eigenvalue weighted by Crippen LogP contribution is 2.19. The molecule has 35 heavy (non-hydrogen) atoms. The molecule has 3 rings (SSSR count). The minimum absolute atomic E-state index is 0.0788. The van der Waals surface area contributed by atoms with Crippen molar-refractivity contribution in [1.82, 2.24) is 10.2 Å². The Balaban J connectivity index is 1.93. The molecular weight excluding hydrogens is 467 g/mol. The lowest BCUT2D eigenvalue weighted by Crippen LogP contribution is -2.55. The number of rotatable bonds is 9. The molecule has 0 spiro atoms. The summed E-state index contributed by atoms with van der Waals surface area (Å²) in [6.45, 7) is 5.22. The van der Waals surface area contributed by atoms with Gasteiger partial charge in [0.25, 0.3) is 5.91 Å². The molecule has 7 heteroatoms. The van der Waals surface area contributed by atoms with Crippen molar-refractivity contribution in [3.63, 3.8) is 0 Å². The standard InChI is InChI=1S/C28H30ClFN2O3/c1-28(2,3)31-27(34)25(17-20-9-5-4-6-10-20)32(18-21-11-7-8-12-24(21)30)26(33)19-35-23-15-13-22(29)14-16-23/h4-16,25H,17-19H2,1-3H3,(H,31,34). The van der Waals surface area contributed by atoms with Gasteiger partial charge in [0.1, 0.15) is 17.6 Å². The van der Waals surface area contributed by atoms with E-state index in [1.54, 1.807) is 42.5 Å². The van der Waals surface area contributed by atoms with Gasteiger partial charge in [0.05, 0.1) is 0 Å². The molecule has 0 aromatic heterocycles. The number of carbonyl (C=O) groups excluding carboxylic acids is 2. The van der Waals surface area contributed by atoms with Gasteiger partial charge in [0, 0.05) is 29.1 Å². The summed E-state index contributed by atoms with van der Waals surface area (Å²) >= 11 is 5.93. The van der Waals surface area contributed by atoms with Gasteiger partial charge >= 0.3 is 0 Å². The molecule has 1 N–H and O–H groups in total. The van der Waals surface area contributed by atoms with Gasteiger partial charge in [-0.15, -0.1) is 0 Å². The van der Waals surface area contributed by atoms with Crippen LogP contribution >= 0.6 is 11.6 Å². The summed E-state index contributed by atoms with van der Waals surface area (Å²) in [6, 6.07) is 21.4. The first-order valence-electron chi connectivity index (χ1n) is 11.4. The molecular formula is C28H30ClFN2O3. The molecule has 3 aromatic carbocycles. The molecule has 0 aliphatic rings. The van der Waals surface area contributed by atoms with Gasteiger partial charge in [0.2, 0.25) is 5.91 Å². The highest BCUT2D eigenvalue weighted by atomic mass is 35.5. The second-order valence-corrected chi connectivity index (χ2v) is 9.74. The molecule has 0 aliphatic heterocycles. The van der Waals surface area contributed by atoms with Crippen LogP contribution < -0.4 is 10.1 Å². The Morgan fingerprint density at radius 1 is 0.971 bits per heavy atom. The summed E-state index contributed by atoms with van der Waals surface area (Å²) in [5.74, 6) is -0.739. The average molecular weight is 497 g/mol. The van der Waals surface area contributed by atoms with E-state index in [1.807, 2.05) is 51.1 Å². The van der Waals surface area contributed by atoms with E-state index in [1.165, 1.54) is 11.0 Å². The third-order valence-corrected chi connectivity index (χ3v) is 5.50. The Bertz CT molecular complexity index is 1130. The normalized spacial score (nSPS) is 12.0. The molecule has 0 aliphatic carbocycles. The number of halogens is 2. The average Bonchev–Trinajstić information content (AvgIpc) is 2.81. The molecule has 0 saturated carbocycles. The number of hydrogen-bond donors (Lipinski definition) is 1. The first-order chi connectivity index (χ1) is 16.6. The van der Waals surface area contributed by atoms with Crippen molar-refractivity contribution in [1.29, 1.82) is 0 Å². The SMILES string of the molecule is CC(C)(C)NC(=O)C(Cc1ccccc1)N(Cc1ccccc1F)C(=O)COc1ccc(Cl)cc1. The second kappa shape index (κ2) is 11.8. The fraction of sp³-hybridized carbons (Fsp3) is 0.286. The maximum atomic E-state index is 14.6. The van der Waals surface area contributed by atoms with E-state index in [9.17, 15) is 14.0 Å². The topological polar surface area (TPSA) is 58.6 Å². The summed E-state index contributed by atoms with van der Waals surface area (Å²) in [5, 5.41) is 3.52. The van der Waals surface area contributed by atoms with Crippen LogP contribution in [0.5, 0.6) is 5.75 Å². The van der Waals surface area contributed by atoms with Crippen LogP contribution in [-0.4, -0.2) is 34.9 Å². The van der Waals surface area contributed by atoms with Gasteiger partial charge in [-0.1, -0.05) is 60.1 Å². The van der Waals surface area contributed by atoms with Crippen molar-refractivity contribution in [2.24, 2.45) is 0 Å². The molecule has 1 atom stereocenters. The van der Waals surface area contributed by atoms with Crippen LogP contribution in [0.15, 0.2) is 78.9 Å². The Labute approximate surface area is 210 Å². The van der Waals surface area contributed by atoms with Crippen LogP contribution in [0.2, 0.25) is 5.02 Å². The third kappa shape index (κ3) is 8.11. The number of amides is 2. The van der Waals surface area contributed by atoms with Gasteiger partial charge in [0.15, 0.2) is 6.61 Å². The Morgan fingerprint density at radius 2 is 1.60 bits per heavy atom. The fourth-order valence-corrected chi connectivity index (χ4v) is 3.70. The van der Waals surface area contributed by atoms with Gasteiger partial charge in [-0.3, -0.25) is 9.59 Å². The lowest BCUT2D eigenvalue weighted by atomic mass is 10.0. The van der Waals surface area contributed by atoms with E-state index < -0.39 is 23.3 Å². The predicted molar refractivity (Wildman–Crippen MR) is 136 cm³/mol. The molecule has 0 heterocycles. The van der Waals surface area contributed by atoms with E-state index in [4.69, 9.17) is 16.3 Å². The molecule has 1 unspecified atom stereocenters. The van der Waals surface area contributed by atoms with Crippen LogP contribution in [-0.2, 0) is 22.6 Å². The summed E-state index contributed by atoms with van der Waals surface area (Å²) < 4.78 is 20.3. The number of benzene rings is 3. The van der Waals surface area contributed by atoms with Crippen LogP contribution in [0.4, 0.5) is 4.39 Å². The molecule has 0 bridgehead atoms. The number of hydrogen-bond acceptors (Lipinski definition) is 3. The minimum atomic E-state index is -0.877. The molecule has 184 valence electrons. The van der Waals surface area contributed by atoms with Crippen LogP contribution in [0, 0.1) is 5.82 Å². The summed E-state index contributed by atoms with van der Waals surface area (Å²) in [5.41, 5.74) is 0.680. The van der Waals surface area contributed by atoms with E-state index in [0.29, 0.717) is 16.3 Å². The Hall–Kier alpha value is -3.38. The zero-order valence-corrected chi connectivity index (χ0v) is 20.9. The molecule has 0 fully saturated rings. The Kier molecular flexibility index (Phi) is 8.88. The molecule has 0 radical (unpaired) electrons. The zero-order chi connectivity index (χ0) is 25.4. The number of carbonyl (C=O) groups is 2. The highest BCUT2D eigenvalue weighted by molar-refractivity contribution is 6.30. The van der Waals surface area contributed by atoms with Crippen molar-refractivity contribution in [2.45, 2.75) is 45.3 Å². The molecule has 2 amide bonds. The Morgan fingerprint density at radius 3 is 2.23 bits per heavy atom. The number of nitrogens with one attached hydrogen (secondary N) is 1. The predicted octanol–water partition coefficient (Wildman–Crippen LogP) is 5.41. The van der Waals surface area contributed by atoms with Crippen molar-refractivity contribution >= 4 is 23.4 Å². The van der Waals surface area contributed by atoms with E-state index in [0.717, 1.165) is 5.56 Å². The number of ether oxygens (including phenoxy) is 1. The first-order valence-corrected chi connectivity index (χ1v) is 11.8. The van der Waals surface area contributed by atoms with Crippen molar-refractivity contribution in [3.8, 4) is 5.75 Å².